The van der Waals surface area contributed by atoms with Crippen molar-refractivity contribution < 1.29 is 0 Å². The van der Waals surface area contributed by atoms with Crippen molar-refractivity contribution in [3.8, 4) is 0 Å². The first-order chi connectivity index (χ1) is 19.2. The molecule has 0 atom stereocenters. The van der Waals surface area contributed by atoms with Gasteiger partial charge >= 0.3 is 0 Å². The Labute approximate surface area is 232 Å². The predicted octanol–water partition coefficient (Wildman–Crippen LogP) is 4.87. The van der Waals surface area contributed by atoms with Gasteiger partial charge in [-0.1, -0.05) is 66.7 Å². The number of hydrogen-bond acceptors (Lipinski definition) is 6. The first kappa shape index (κ1) is 26.7. The van der Waals surface area contributed by atoms with Gasteiger partial charge in [0.25, 0.3) is 0 Å². The SMILES string of the molecule is Cn1nc(/C=C/Cc2ccccc2)nc1N1CCCC1.Cn1nc(CCc2ccccc2)nc1N1CCCC1. The maximum absolute atomic E-state index is 4.68. The van der Waals surface area contributed by atoms with Gasteiger partial charge in [0.1, 0.15) is 0 Å². The molecular weight excluding hydrogens is 484 g/mol. The zero-order chi connectivity index (χ0) is 26.9. The van der Waals surface area contributed by atoms with E-state index in [9.17, 15) is 0 Å². The van der Waals surface area contributed by atoms with Crippen LogP contribution in [-0.2, 0) is 33.4 Å². The number of anilines is 2. The number of allylic oxidation sites excluding steroid dienone is 1. The third kappa shape index (κ3) is 7.34. The highest BCUT2D eigenvalue weighted by molar-refractivity contribution is 5.45. The molecule has 2 aromatic carbocycles. The molecule has 2 aliphatic rings. The van der Waals surface area contributed by atoms with Gasteiger partial charge in [0, 0.05) is 46.7 Å². The maximum Gasteiger partial charge on any atom is 0.224 e. The van der Waals surface area contributed by atoms with Crippen LogP contribution in [0.2, 0.25) is 0 Å². The van der Waals surface area contributed by atoms with Crippen molar-refractivity contribution in [1.82, 2.24) is 29.5 Å². The number of hydrogen-bond donors (Lipinski definition) is 0. The molecular formula is C31H40N8. The second-order valence-electron chi connectivity index (χ2n) is 10.3. The van der Waals surface area contributed by atoms with Crippen molar-refractivity contribution in [3.05, 3.63) is 89.5 Å². The van der Waals surface area contributed by atoms with Crippen molar-refractivity contribution in [2.75, 3.05) is 36.0 Å². The van der Waals surface area contributed by atoms with E-state index in [1.165, 1.54) is 36.8 Å². The molecule has 4 aromatic rings. The third-order valence-electron chi connectivity index (χ3n) is 7.26. The molecule has 0 radical (unpaired) electrons. The van der Waals surface area contributed by atoms with Gasteiger partial charge in [0.15, 0.2) is 11.6 Å². The highest BCUT2D eigenvalue weighted by Gasteiger charge is 2.19. The van der Waals surface area contributed by atoms with Gasteiger partial charge in [-0.25, -0.2) is 9.36 Å². The van der Waals surface area contributed by atoms with Crippen LogP contribution >= 0.6 is 0 Å². The first-order valence-corrected chi connectivity index (χ1v) is 14.2. The number of rotatable bonds is 8. The average molecular weight is 525 g/mol. The zero-order valence-electron chi connectivity index (χ0n) is 23.3. The van der Waals surface area contributed by atoms with Gasteiger partial charge in [-0.2, -0.15) is 20.2 Å². The van der Waals surface area contributed by atoms with Crippen LogP contribution in [0.5, 0.6) is 0 Å². The fraction of sp³-hybridized carbons (Fsp3) is 0.419. The van der Waals surface area contributed by atoms with E-state index in [1.807, 2.05) is 41.7 Å². The molecule has 2 fully saturated rings. The van der Waals surface area contributed by atoms with Crippen LogP contribution < -0.4 is 9.80 Å². The lowest BCUT2D eigenvalue weighted by Gasteiger charge is -2.14. The van der Waals surface area contributed by atoms with Gasteiger partial charge in [-0.15, -0.1) is 0 Å². The first-order valence-electron chi connectivity index (χ1n) is 14.2. The molecule has 2 saturated heterocycles. The number of aromatic nitrogens is 6. The number of aryl methyl sites for hydroxylation is 4. The summed E-state index contributed by atoms with van der Waals surface area (Å²) >= 11 is 0. The summed E-state index contributed by atoms with van der Waals surface area (Å²) in [6, 6.07) is 20.9. The average Bonchev–Trinajstić information content (AvgIpc) is 3.77. The Bertz CT molecular complexity index is 1310. The van der Waals surface area contributed by atoms with E-state index in [0.29, 0.717) is 0 Å². The second kappa shape index (κ2) is 13.2. The summed E-state index contributed by atoms with van der Waals surface area (Å²) in [4.78, 5) is 13.9. The summed E-state index contributed by atoms with van der Waals surface area (Å²) in [5.74, 6) is 3.76. The summed E-state index contributed by atoms with van der Waals surface area (Å²) in [6.07, 6.45) is 12.0. The molecule has 0 unspecified atom stereocenters. The smallest absolute Gasteiger partial charge is 0.224 e. The van der Waals surface area contributed by atoms with Gasteiger partial charge in [-0.05, 0) is 55.7 Å². The minimum absolute atomic E-state index is 0.797. The van der Waals surface area contributed by atoms with Crippen LogP contribution in [0.1, 0.15) is 48.5 Å². The van der Waals surface area contributed by atoms with Crippen LogP contribution in [0.25, 0.3) is 6.08 Å². The lowest BCUT2D eigenvalue weighted by Crippen LogP contribution is -2.21. The zero-order valence-corrected chi connectivity index (χ0v) is 23.3. The molecule has 0 N–H and O–H groups in total. The quantitative estimate of drug-likeness (QED) is 0.328. The lowest BCUT2D eigenvalue weighted by molar-refractivity contribution is 0.718. The molecule has 4 heterocycles. The molecule has 0 amide bonds. The summed E-state index contributed by atoms with van der Waals surface area (Å²) in [6.45, 7) is 4.43. The van der Waals surface area contributed by atoms with Gasteiger partial charge in [0.2, 0.25) is 11.9 Å². The van der Waals surface area contributed by atoms with Gasteiger partial charge < -0.3 is 9.80 Å². The van der Waals surface area contributed by atoms with Crippen LogP contribution in [0.4, 0.5) is 11.9 Å². The Morgan fingerprint density at radius 2 is 1.18 bits per heavy atom. The molecule has 2 aliphatic heterocycles. The Morgan fingerprint density at radius 1 is 0.641 bits per heavy atom. The van der Waals surface area contributed by atoms with E-state index in [0.717, 1.165) is 69.0 Å². The van der Waals surface area contributed by atoms with Crippen molar-refractivity contribution in [1.29, 1.82) is 0 Å². The number of nitrogens with zero attached hydrogens (tertiary/aromatic N) is 8. The molecule has 204 valence electrons. The second-order valence-corrected chi connectivity index (χ2v) is 10.3. The predicted molar refractivity (Wildman–Crippen MR) is 158 cm³/mol. The van der Waals surface area contributed by atoms with Gasteiger partial charge in [0.05, 0.1) is 0 Å². The van der Waals surface area contributed by atoms with Crippen LogP contribution in [0.15, 0.2) is 66.7 Å². The van der Waals surface area contributed by atoms with E-state index in [1.54, 1.807) is 0 Å². The Hall–Kier alpha value is -3.94. The molecule has 8 nitrogen and oxygen atoms in total. The normalized spacial score (nSPS) is 15.2. The van der Waals surface area contributed by atoms with Crippen LogP contribution in [0, 0.1) is 0 Å². The molecule has 39 heavy (non-hydrogen) atoms. The van der Waals surface area contributed by atoms with Crippen molar-refractivity contribution in [3.63, 3.8) is 0 Å². The fourth-order valence-electron chi connectivity index (χ4n) is 5.20. The molecule has 0 aliphatic carbocycles. The van der Waals surface area contributed by atoms with E-state index in [-0.39, 0.29) is 0 Å². The van der Waals surface area contributed by atoms with E-state index in [4.69, 9.17) is 0 Å². The van der Waals surface area contributed by atoms with Crippen molar-refractivity contribution >= 4 is 18.0 Å². The molecule has 2 aromatic heterocycles. The van der Waals surface area contributed by atoms with Crippen LogP contribution in [-0.4, -0.2) is 55.7 Å². The lowest BCUT2D eigenvalue weighted by atomic mass is 10.1. The fourth-order valence-corrected chi connectivity index (χ4v) is 5.20. The summed E-state index contributed by atoms with van der Waals surface area (Å²) in [7, 11) is 3.96. The molecule has 0 saturated carbocycles. The standard InChI is InChI=1S/C16H20N4.C15H20N4/c1-19-16(20-12-5-6-13-20)17-15(18-19)11-7-10-14-8-3-2-4-9-14;1-18-15(19-11-5-6-12-19)16-14(17-18)10-9-13-7-3-2-4-8-13/h2-4,7-9,11H,5-6,10,12-13H2,1H3;2-4,7-8H,5-6,9-12H2,1H3/b11-7+;. The van der Waals surface area contributed by atoms with E-state index >= 15 is 0 Å². The Morgan fingerprint density at radius 3 is 1.79 bits per heavy atom. The highest BCUT2D eigenvalue weighted by atomic mass is 15.4. The topological polar surface area (TPSA) is 67.9 Å². The minimum atomic E-state index is 0.797. The number of benzene rings is 2. The molecule has 0 bridgehead atoms. The van der Waals surface area contributed by atoms with E-state index in [2.05, 4.69) is 84.6 Å². The largest absolute Gasteiger partial charge is 0.341 e. The summed E-state index contributed by atoms with van der Waals surface area (Å²) in [5.41, 5.74) is 2.65. The molecule has 8 heteroatoms. The van der Waals surface area contributed by atoms with Crippen molar-refractivity contribution in [2.24, 2.45) is 14.1 Å². The van der Waals surface area contributed by atoms with Crippen molar-refractivity contribution in [2.45, 2.75) is 44.9 Å². The summed E-state index contributed by atoms with van der Waals surface area (Å²) < 4.78 is 3.80. The highest BCUT2D eigenvalue weighted by Crippen LogP contribution is 2.19. The summed E-state index contributed by atoms with van der Waals surface area (Å²) in [5, 5.41) is 9.00. The Kier molecular flexibility index (Phi) is 9.04. The molecule has 6 rings (SSSR count). The molecule has 0 spiro atoms. The third-order valence-corrected chi connectivity index (χ3v) is 7.26. The van der Waals surface area contributed by atoms with E-state index < -0.39 is 0 Å². The van der Waals surface area contributed by atoms with Crippen LogP contribution in [0.3, 0.4) is 0 Å². The van der Waals surface area contributed by atoms with Gasteiger partial charge in [-0.3, -0.25) is 0 Å². The minimum Gasteiger partial charge on any atom is -0.341 e. The maximum atomic E-state index is 4.68. The monoisotopic (exact) mass is 524 g/mol. The Balaban J connectivity index is 0.000000158.